The molecule has 0 spiro atoms. The Morgan fingerprint density at radius 1 is 1.42 bits per heavy atom. The molecule has 0 saturated carbocycles. The Balaban J connectivity index is 2.07. The zero-order chi connectivity index (χ0) is 13.7. The second kappa shape index (κ2) is 6.48. The molecule has 1 aliphatic rings. The van der Waals surface area contributed by atoms with Crippen LogP contribution in [0.25, 0.3) is 0 Å². The van der Waals surface area contributed by atoms with Gasteiger partial charge in [0, 0.05) is 18.6 Å². The van der Waals surface area contributed by atoms with Crippen molar-refractivity contribution < 1.29 is 9.47 Å². The summed E-state index contributed by atoms with van der Waals surface area (Å²) in [4.78, 5) is 12.3. The highest BCUT2D eigenvalue weighted by Gasteiger charge is 2.23. The molecule has 1 fully saturated rings. The SMILES string of the molecule is CCOc1nc(NN)nc(NC(C)C2CCOC2)n1. The molecule has 1 saturated heterocycles. The van der Waals surface area contributed by atoms with Crippen molar-refractivity contribution in [1.29, 1.82) is 0 Å². The van der Waals surface area contributed by atoms with Crippen LogP contribution in [-0.4, -0.2) is 40.8 Å². The Labute approximate surface area is 112 Å². The molecule has 0 aromatic carbocycles. The smallest absolute Gasteiger partial charge is 0.323 e. The number of nitrogens with two attached hydrogens (primary N) is 1. The van der Waals surface area contributed by atoms with Gasteiger partial charge < -0.3 is 14.8 Å². The van der Waals surface area contributed by atoms with Crippen LogP contribution in [0.4, 0.5) is 11.9 Å². The van der Waals surface area contributed by atoms with Crippen molar-refractivity contribution in [2.24, 2.45) is 11.8 Å². The first-order chi connectivity index (χ1) is 9.22. The molecule has 1 aromatic heterocycles. The minimum Gasteiger partial charge on any atom is -0.464 e. The lowest BCUT2D eigenvalue weighted by Crippen LogP contribution is -2.27. The van der Waals surface area contributed by atoms with Crippen LogP contribution in [-0.2, 0) is 4.74 Å². The van der Waals surface area contributed by atoms with Gasteiger partial charge in [-0.1, -0.05) is 0 Å². The largest absolute Gasteiger partial charge is 0.464 e. The van der Waals surface area contributed by atoms with Crippen LogP contribution >= 0.6 is 0 Å². The van der Waals surface area contributed by atoms with Crippen LogP contribution in [0.2, 0.25) is 0 Å². The fourth-order valence-electron chi connectivity index (χ4n) is 1.95. The zero-order valence-electron chi connectivity index (χ0n) is 11.2. The Bertz CT molecular complexity index is 410. The molecule has 106 valence electrons. The van der Waals surface area contributed by atoms with Crippen LogP contribution in [0, 0.1) is 5.92 Å². The van der Waals surface area contributed by atoms with E-state index in [9.17, 15) is 0 Å². The van der Waals surface area contributed by atoms with Gasteiger partial charge in [0.15, 0.2) is 0 Å². The maximum atomic E-state index is 5.37. The van der Waals surface area contributed by atoms with Gasteiger partial charge in [-0.15, -0.1) is 0 Å². The van der Waals surface area contributed by atoms with Gasteiger partial charge in [0.25, 0.3) is 0 Å². The molecule has 19 heavy (non-hydrogen) atoms. The normalized spacial score (nSPS) is 20.1. The second-order valence-corrected chi connectivity index (χ2v) is 4.40. The van der Waals surface area contributed by atoms with E-state index >= 15 is 0 Å². The lowest BCUT2D eigenvalue weighted by molar-refractivity contribution is 0.183. The summed E-state index contributed by atoms with van der Waals surface area (Å²) in [5.41, 5.74) is 2.40. The van der Waals surface area contributed by atoms with Crippen molar-refractivity contribution in [3.05, 3.63) is 0 Å². The quantitative estimate of drug-likeness (QED) is 0.502. The van der Waals surface area contributed by atoms with E-state index < -0.39 is 0 Å². The number of nitrogens with zero attached hydrogens (tertiary/aromatic N) is 3. The second-order valence-electron chi connectivity index (χ2n) is 4.40. The third-order valence-corrected chi connectivity index (χ3v) is 3.05. The van der Waals surface area contributed by atoms with Crippen molar-refractivity contribution in [2.75, 3.05) is 30.6 Å². The van der Waals surface area contributed by atoms with E-state index in [1.807, 2.05) is 6.92 Å². The molecule has 0 amide bonds. The zero-order valence-corrected chi connectivity index (χ0v) is 11.2. The van der Waals surface area contributed by atoms with Crippen LogP contribution < -0.4 is 21.3 Å². The first-order valence-electron chi connectivity index (χ1n) is 6.42. The summed E-state index contributed by atoms with van der Waals surface area (Å²) < 4.78 is 10.6. The van der Waals surface area contributed by atoms with Gasteiger partial charge in [-0.3, -0.25) is 5.43 Å². The van der Waals surface area contributed by atoms with Gasteiger partial charge in [-0.2, -0.15) is 15.0 Å². The first-order valence-corrected chi connectivity index (χ1v) is 6.42. The minimum absolute atomic E-state index is 0.213. The highest BCUT2D eigenvalue weighted by atomic mass is 16.5. The van der Waals surface area contributed by atoms with Crippen molar-refractivity contribution in [3.8, 4) is 6.01 Å². The van der Waals surface area contributed by atoms with E-state index in [0.717, 1.165) is 19.6 Å². The van der Waals surface area contributed by atoms with Crippen LogP contribution in [0.1, 0.15) is 20.3 Å². The predicted octanol–water partition coefficient (Wildman–Crippen LogP) is 0.393. The summed E-state index contributed by atoms with van der Waals surface area (Å²) in [5, 5.41) is 3.24. The first kappa shape index (κ1) is 13.8. The number of anilines is 2. The lowest BCUT2D eigenvalue weighted by Gasteiger charge is -2.19. The van der Waals surface area contributed by atoms with Gasteiger partial charge in [0.2, 0.25) is 11.9 Å². The molecule has 8 nitrogen and oxygen atoms in total. The minimum atomic E-state index is 0.213. The standard InChI is InChI=1S/C11H20N6O2/c1-3-19-11-15-9(14-10(16-11)17-12)13-7(2)8-4-5-18-6-8/h7-8H,3-6,12H2,1-2H3,(H2,13,14,15,16,17). The van der Waals surface area contributed by atoms with Crippen LogP contribution in [0.5, 0.6) is 6.01 Å². The number of hydrogen-bond acceptors (Lipinski definition) is 8. The average Bonchev–Trinajstić information content (AvgIpc) is 2.92. The molecule has 1 aromatic rings. The summed E-state index contributed by atoms with van der Waals surface area (Å²) in [6.45, 7) is 6.01. The molecule has 0 bridgehead atoms. The molecular formula is C11H20N6O2. The third kappa shape index (κ3) is 3.65. The highest BCUT2D eigenvalue weighted by molar-refractivity contribution is 5.35. The third-order valence-electron chi connectivity index (χ3n) is 3.05. The maximum absolute atomic E-state index is 5.37. The van der Waals surface area contributed by atoms with E-state index in [-0.39, 0.29) is 18.0 Å². The Morgan fingerprint density at radius 3 is 2.84 bits per heavy atom. The van der Waals surface area contributed by atoms with Gasteiger partial charge >= 0.3 is 6.01 Å². The number of ether oxygens (including phenoxy) is 2. The fourth-order valence-corrected chi connectivity index (χ4v) is 1.95. The monoisotopic (exact) mass is 268 g/mol. The summed E-state index contributed by atoms with van der Waals surface area (Å²) >= 11 is 0. The van der Waals surface area contributed by atoms with Crippen LogP contribution in [0.3, 0.4) is 0 Å². The Morgan fingerprint density at radius 2 is 2.21 bits per heavy atom. The molecule has 0 aliphatic carbocycles. The lowest BCUT2D eigenvalue weighted by atomic mass is 10.0. The van der Waals surface area contributed by atoms with Gasteiger partial charge in [0.05, 0.1) is 13.2 Å². The predicted molar refractivity (Wildman–Crippen MR) is 70.8 cm³/mol. The maximum Gasteiger partial charge on any atom is 0.323 e. The molecule has 4 N–H and O–H groups in total. The van der Waals surface area contributed by atoms with E-state index in [1.165, 1.54) is 0 Å². The average molecular weight is 268 g/mol. The topological polar surface area (TPSA) is 107 Å². The summed E-state index contributed by atoms with van der Waals surface area (Å²) in [7, 11) is 0. The van der Waals surface area contributed by atoms with Crippen molar-refractivity contribution in [3.63, 3.8) is 0 Å². The number of hydrogen-bond donors (Lipinski definition) is 3. The summed E-state index contributed by atoms with van der Waals surface area (Å²) in [6.07, 6.45) is 1.04. The number of hydrazine groups is 1. The molecular weight excluding hydrogens is 248 g/mol. The summed E-state index contributed by atoms with van der Waals surface area (Å²) in [5.74, 6) is 6.51. The Kier molecular flexibility index (Phi) is 4.69. The van der Waals surface area contributed by atoms with Crippen LogP contribution in [0.15, 0.2) is 0 Å². The van der Waals surface area contributed by atoms with Gasteiger partial charge in [-0.25, -0.2) is 5.84 Å². The summed E-state index contributed by atoms with van der Waals surface area (Å²) in [6, 6.07) is 0.466. The van der Waals surface area contributed by atoms with E-state index in [1.54, 1.807) is 0 Å². The number of nitrogen functional groups attached to an aromatic ring is 1. The number of aromatic nitrogens is 3. The molecule has 2 unspecified atom stereocenters. The van der Waals surface area contributed by atoms with E-state index in [2.05, 4.69) is 32.6 Å². The molecule has 2 heterocycles. The van der Waals surface area contributed by atoms with Gasteiger partial charge in [-0.05, 0) is 20.3 Å². The molecule has 2 rings (SSSR count). The highest BCUT2D eigenvalue weighted by Crippen LogP contribution is 2.20. The van der Waals surface area contributed by atoms with Crippen molar-refractivity contribution in [2.45, 2.75) is 26.3 Å². The van der Waals surface area contributed by atoms with Gasteiger partial charge in [0.1, 0.15) is 0 Å². The fraction of sp³-hybridized carbons (Fsp3) is 0.727. The van der Waals surface area contributed by atoms with Crippen molar-refractivity contribution >= 4 is 11.9 Å². The number of rotatable bonds is 6. The molecule has 2 atom stereocenters. The molecule has 8 heteroatoms. The Hall–Kier alpha value is -1.67. The molecule has 1 aliphatic heterocycles. The van der Waals surface area contributed by atoms with Crippen molar-refractivity contribution in [1.82, 2.24) is 15.0 Å². The van der Waals surface area contributed by atoms with E-state index in [0.29, 0.717) is 18.5 Å². The number of nitrogens with one attached hydrogen (secondary N) is 2. The van der Waals surface area contributed by atoms with E-state index in [4.69, 9.17) is 15.3 Å². The molecule has 0 radical (unpaired) electrons.